The molecule has 0 bridgehead atoms. The lowest BCUT2D eigenvalue weighted by Gasteiger charge is -2.03. The third-order valence-corrected chi connectivity index (χ3v) is 2.23. The Labute approximate surface area is 90.7 Å². The standard InChI is InChI=1S/C8H11N3O3S/c1-3-14-7(12)5-6(15-4-10-5)11-8(13)9-2/h4H,3H2,1-2H3,(H2,9,11,13). The summed E-state index contributed by atoms with van der Waals surface area (Å²) in [5, 5.41) is 5.24. The van der Waals surface area contributed by atoms with E-state index in [9.17, 15) is 9.59 Å². The van der Waals surface area contributed by atoms with Crippen LogP contribution in [0.3, 0.4) is 0 Å². The quantitative estimate of drug-likeness (QED) is 0.760. The van der Waals surface area contributed by atoms with Gasteiger partial charge in [-0.15, -0.1) is 11.3 Å². The maximum Gasteiger partial charge on any atom is 0.360 e. The van der Waals surface area contributed by atoms with Crippen LogP contribution in [0.25, 0.3) is 0 Å². The number of aromatic nitrogens is 1. The van der Waals surface area contributed by atoms with Gasteiger partial charge in [-0.05, 0) is 6.92 Å². The normalized spacial score (nSPS) is 9.47. The molecular weight excluding hydrogens is 218 g/mol. The van der Waals surface area contributed by atoms with E-state index in [0.717, 1.165) is 11.3 Å². The molecular formula is C8H11N3O3S. The summed E-state index contributed by atoms with van der Waals surface area (Å²) in [7, 11) is 1.49. The zero-order chi connectivity index (χ0) is 11.3. The Balaban J connectivity index is 2.77. The van der Waals surface area contributed by atoms with E-state index in [1.807, 2.05) is 0 Å². The molecule has 1 aromatic rings. The third-order valence-electron chi connectivity index (χ3n) is 1.49. The number of thiazole rings is 1. The van der Waals surface area contributed by atoms with E-state index in [-0.39, 0.29) is 12.3 Å². The van der Waals surface area contributed by atoms with Crippen molar-refractivity contribution in [3.63, 3.8) is 0 Å². The van der Waals surface area contributed by atoms with Crippen LogP contribution in [-0.2, 0) is 4.74 Å². The Morgan fingerprint density at radius 2 is 2.33 bits per heavy atom. The minimum Gasteiger partial charge on any atom is -0.461 e. The smallest absolute Gasteiger partial charge is 0.360 e. The molecule has 0 atom stereocenters. The van der Waals surface area contributed by atoms with E-state index in [2.05, 4.69) is 15.6 Å². The predicted octanol–water partition coefficient (Wildman–Crippen LogP) is 1.07. The number of hydrogen-bond donors (Lipinski definition) is 2. The van der Waals surface area contributed by atoms with Crippen LogP contribution < -0.4 is 10.6 Å². The van der Waals surface area contributed by atoms with Crippen LogP contribution in [-0.4, -0.2) is 30.6 Å². The first-order valence-electron chi connectivity index (χ1n) is 4.28. The van der Waals surface area contributed by atoms with Gasteiger partial charge >= 0.3 is 12.0 Å². The fourth-order valence-corrected chi connectivity index (χ4v) is 1.51. The van der Waals surface area contributed by atoms with Gasteiger partial charge in [-0.2, -0.15) is 0 Å². The van der Waals surface area contributed by atoms with Gasteiger partial charge in [0.1, 0.15) is 5.00 Å². The molecule has 82 valence electrons. The lowest BCUT2D eigenvalue weighted by molar-refractivity contribution is 0.0521. The van der Waals surface area contributed by atoms with Crippen LogP contribution >= 0.6 is 11.3 Å². The highest BCUT2D eigenvalue weighted by Crippen LogP contribution is 2.20. The molecule has 0 unspecified atom stereocenters. The maximum absolute atomic E-state index is 11.3. The molecule has 6 nitrogen and oxygen atoms in total. The van der Waals surface area contributed by atoms with E-state index in [1.54, 1.807) is 6.92 Å². The van der Waals surface area contributed by atoms with Crippen molar-refractivity contribution in [1.82, 2.24) is 10.3 Å². The monoisotopic (exact) mass is 229 g/mol. The van der Waals surface area contributed by atoms with Gasteiger partial charge in [-0.25, -0.2) is 14.6 Å². The Bertz CT molecular complexity index is 364. The number of urea groups is 1. The van der Waals surface area contributed by atoms with Gasteiger partial charge in [0.25, 0.3) is 0 Å². The Hall–Kier alpha value is -1.63. The number of amides is 2. The van der Waals surface area contributed by atoms with Crippen LogP contribution in [0, 0.1) is 0 Å². The number of carbonyl (C=O) groups excluding carboxylic acids is 2. The summed E-state index contributed by atoms with van der Waals surface area (Å²) in [5.41, 5.74) is 1.60. The average Bonchev–Trinajstić information content (AvgIpc) is 2.66. The summed E-state index contributed by atoms with van der Waals surface area (Å²) in [6.07, 6.45) is 0. The molecule has 0 aliphatic heterocycles. The summed E-state index contributed by atoms with van der Waals surface area (Å²) in [6, 6.07) is -0.398. The van der Waals surface area contributed by atoms with Crippen molar-refractivity contribution in [2.45, 2.75) is 6.92 Å². The minimum atomic E-state index is -0.537. The number of hydrogen-bond acceptors (Lipinski definition) is 5. The van der Waals surface area contributed by atoms with Gasteiger partial charge in [-0.1, -0.05) is 0 Å². The van der Waals surface area contributed by atoms with E-state index in [1.165, 1.54) is 12.6 Å². The molecule has 0 saturated heterocycles. The third kappa shape index (κ3) is 2.91. The highest BCUT2D eigenvalue weighted by Gasteiger charge is 2.17. The van der Waals surface area contributed by atoms with E-state index >= 15 is 0 Å². The Morgan fingerprint density at radius 1 is 1.60 bits per heavy atom. The van der Waals surface area contributed by atoms with Crippen molar-refractivity contribution >= 4 is 28.3 Å². The lowest BCUT2D eigenvalue weighted by Crippen LogP contribution is -2.25. The first-order chi connectivity index (χ1) is 7.19. The summed E-state index contributed by atoms with van der Waals surface area (Å²) < 4.78 is 4.78. The first-order valence-corrected chi connectivity index (χ1v) is 5.16. The molecule has 15 heavy (non-hydrogen) atoms. The molecule has 0 aromatic carbocycles. The van der Waals surface area contributed by atoms with Gasteiger partial charge in [0, 0.05) is 7.05 Å². The van der Waals surface area contributed by atoms with Crippen LogP contribution in [0.1, 0.15) is 17.4 Å². The molecule has 0 spiro atoms. The van der Waals surface area contributed by atoms with Crippen LogP contribution in [0.2, 0.25) is 0 Å². The predicted molar refractivity (Wildman–Crippen MR) is 56.1 cm³/mol. The summed E-state index contributed by atoms with van der Waals surface area (Å²) in [5.74, 6) is -0.537. The molecule has 1 heterocycles. The summed E-state index contributed by atoms with van der Waals surface area (Å²) in [6.45, 7) is 1.98. The first kappa shape index (κ1) is 11.4. The summed E-state index contributed by atoms with van der Waals surface area (Å²) >= 11 is 1.16. The topological polar surface area (TPSA) is 80.3 Å². The number of anilines is 1. The molecule has 7 heteroatoms. The molecule has 1 aromatic heterocycles. The second kappa shape index (κ2) is 5.30. The van der Waals surface area contributed by atoms with Crippen molar-refractivity contribution in [2.75, 3.05) is 19.0 Å². The zero-order valence-electron chi connectivity index (χ0n) is 8.36. The van der Waals surface area contributed by atoms with Crippen molar-refractivity contribution in [3.05, 3.63) is 11.2 Å². The molecule has 1 rings (SSSR count). The number of nitrogens with one attached hydrogen (secondary N) is 2. The fourth-order valence-electron chi connectivity index (χ4n) is 0.845. The molecule has 2 amide bonds. The van der Waals surface area contributed by atoms with Gasteiger partial charge in [0.05, 0.1) is 12.1 Å². The van der Waals surface area contributed by atoms with Gasteiger partial charge in [0.15, 0.2) is 5.69 Å². The molecule has 0 fully saturated rings. The van der Waals surface area contributed by atoms with Crippen LogP contribution in [0.15, 0.2) is 5.51 Å². The average molecular weight is 229 g/mol. The highest BCUT2D eigenvalue weighted by atomic mass is 32.1. The van der Waals surface area contributed by atoms with E-state index < -0.39 is 12.0 Å². The molecule has 0 saturated carbocycles. The Morgan fingerprint density at radius 3 is 2.93 bits per heavy atom. The molecule has 0 aliphatic rings. The van der Waals surface area contributed by atoms with Crippen molar-refractivity contribution in [1.29, 1.82) is 0 Å². The summed E-state index contributed by atoms with van der Waals surface area (Å²) in [4.78, 5) is 26.2. The van der Waals surface area contributed by atoms with Crippen molar-refractivity contribution in [2.24, 2.45) is 0 Å². The van der Waals surface area contributed by atoms with E-state index in [4.69, 9.17) is 4.74 Å². The SMILES string of the molecule is CCOC(=O)c1ncsc1NC(=O)NC. The molecule has 0 aliphatic carbocycles. The van der Waals surface area contributed by atoms with Gasteiger partial charge in [0.2, 0.25) is 0 Å². The number of carbonyl (C=O) groups is 2. The van der Waals surface area contributed by atoms with Crippen LogP contribution in [0.5, 0.6) is 0 Å². The second-order valence-corrected chi connectivity index (χ2v) is 3.31. The maximum atomic E-state index is 11.3. The fraction of sp³-hybridized carbons (Fsp3) is 0.375. The molecule has 2 N–H and O–H groups in total. The van der Waals surface area contributed by atoms with Crippen molar-refractivity contribution < 1.29 is 14.3 Å². The van der Waals surface area contributed by atoms with Crippen molar-refractivity contribution in [3.8, 4) is 0 Å². The zero-order valence-corrected chi connectivity index (χ0v) is 9.18. The Kier molecular flexibility index (Phi) is 4.04. The number of esters is 1. The van der Waals surface area contributed by atoms with Gasteiger partial charge < -0.3 is 10.1 Å². The number of ether oxygens (including phenoxy) is 1. The molecule has 0 radical (unpaired) electrons. The van der Waals surface area contributed by atoms with Crippen LogP contribution in [0.4, 0.5) is 9.80 Å². The van der Waals surface area contributed by atoms with E-state index in [0.29, 0.717) is 5.00 Å². The minimum absolute atomic E-state index is 0.130. The highest BCUT2D eigenvalue weighted by molar-refractivity contribution is 7.14. The second-order valence-electron chi connectivity index (χ2n) is 2.45. The lowest BCUT2D eigenvalue weighted by atomic mass is 10.4. The number of rotatable bonds is 3. The van der Waals surface area contributed by atoms with Gasteiger partial charge in [-0.3, -0.25) is 5.32 Å². The largest absolute Gasteiger partial charge is 0.461 e. The number of nitrogens with zero attached hydrogens (tertiary/aromatic N) is 1.